The predicted molar refractivity (Wildman–Crippen MR) is 63.6 cm³/mol. The Balaban J connectivity index is 2.47. The quantitative estimate of drug-likeness (QED) is 0.716. The summed E-state index contributed by atoms with van der Waals surface area (Å²) >= 11 is 0. The summed E-state index contributed by atoms with van der Waals surface area (Å²) in [6, 6.07) is 0.542. The number of nitrogens with zero attached hydrogens (tertiary/aromatic N) is 1. The van der Waals surface area contributed by atoms with Crippen molar-refractivity contribution in [1.82, 2.24) is 4.90 Å². The van der Waals surface area contributed by atoms with E-state index in [1.54, 1.807) is 0 Å². The van der Waals surface area contributed by atoms with Crippen LogP contribution in [-0.2, 0) is 0 Å². The van der Waals surface area contributed by atoms with Gasteiger partial charge in [0.25, 0.3) is 0 Å². The Hall–Kier alpha value is -0.520. The fourth-order valence-electron chi connectivity index (χ4n) is 2.40. The van der Waals surface area contributed by atoms with Crippen LogP contribution >= 0.6 is 0 Å². The first-order valence-electron chi connectivity index (χ1n) is 6.09. The van der Waals surface area contributed by atoms with E-state index in [4.69, 9.17) is 6.42 Å². The minimum Gasteiger partial charge on any atom is -0.393 e. The van der Waals surface area contributed by atoms with Gasteiger partial charge in [-0.3, -0.25) is 4.90 Å². The Kier molecular flexibility index (Phi) is 5.75. The smallest absolute Gasteiger partial charge is 0.0527 e. The molecule has 0 aromatic carbocycles. The molecule has 2 atom stereocenters. The highest BCUT2D eigenvalue weighted by atomic mass is 16.3. The number of hydrogen-bond acceptors (Lipinski definition) is 2. The third kappa shape index (κ3) is 4.68. The molecule has 0 aliphatic carbocycles. The van der Waals surface area contributed by atoms with Gasteiger partial charge in [0.2, 0.25) is 0 Å². The number of likely N-dealkylation sites (tertiary alicyclic amines) is 1. The van der Waals surface area contributed by atoms with Crippen LogP contribution in [0, 0.1) is 12.3 Å². The zero-order chi connectivity index (χ0) is 11.1. The van der Waals surface area contributed by atoms with Crippen molar-refractivity contribution in [1.29, 1.82) is 0 Å². The molecule has 0 radical (unpaired) electrons. The van der Waals surface area contributed by atoms with Crippen molar-refractivity contribution in [3.8, 4) is 12.3 Å². The highest BCUT2D eigenvalue weighted by Gasteiger charge is 2.21. The van der Waals surface area contributed by atoms with Crippen LogP contribution in [0.5, 0.6) is 0 Å². The minimum atomic E-state index is -0.193. The Morgan fingerprint density at radius 1 is 1.47 bits per heavy atom. The molecule has 0 aromatic heterocycles. The number of rotatable bonds is 4. The Labute approximate surface area is 93.7 Å². The summed E-state index contributed by atoms with van der Waals surface area (Å²) in [5, 5.41) is 9.47. The van der Waals surface area contributed by atoms with E-state index in [2.05, 4.69) is 10.8 Å². The fraction of sp³-hybridized carbons (Fsp3) is 0.846. The molecule has 1 aliphatic heterocycles. The second-order valence-corrected chi connectivity index (χ2v) is 4.58. The zero-order valence-corrected chi connectivity index (χ0v) is 9.78. The van der Waals surface area contributed by atoms with Gasteiger partial charge in [-0.15, -0.1) is 12.3 Å². The second-order valence-electron chi connectivity index (χ2n) is 4.58. The van der Waals surface area contributed by atoms with Gasteiger partial charge in [0, 0.05) is 19.0 Å². The van der Waals surface area contributed by atoms with Gasteiger partial charge < -0.3 is 5.11 Å². The van der Waals surface area contributed by atoms with Gasteiger partial charge in [-0.1, -0.05) is 12.8 Å². The van der Waals surface area contributed by atoms with Gasteiger partial charge in [0.05, 0.1) is 6.10 Å². The van der Waals surface area contributed by atoms with E-state index in [1.165, 1.54) is 25.7 Å². The molecule has 1 saturated heterocycles. The van der Waals surface area contributed by atoms with Crippen LogP contribution in [0.2, 0.25) is 0 Å². The van der Waals surface area contributed by atoms with E-state index in [0.717, 1.165) is 25.9 Å². The van der Waals surface area contributed by atoms with Gasteiger partial charge in [-0.25, -0.2) is 0 Å². The first kappa shape index (κ1) is 12.5. The van der Waals surface area contributed by atoms with Crippen LogP contribution in [0.3, 0.4) is 0 Å². The highest BCUT2D eigenvalue weighted by molar-refractivity contribution is 4.87. The van der Waals surface area contributed by atoms with E-state index >= 15 is 0 Å². The summed E-state index contributed by atoms with van der Waals surface area (Å²) in [6.45, 7) is 4.03. The molecule has 1 rings (SSSR count). The summed E-state index contributed by atoms with van der Waals surface area (Å²) in [5.74, 6) is 2.71. The number of terminal acetylenes is 1. The standard InChI is InChI=1S/C13H23NO/c1-3-4-9-14-10-7-5-6-8-13(14)11-12(2)15/h1,12-13,15H,4-11H2,2H3. The van der Waals surface area contributed by atoms with Gasteiger partial charge in [0.15, 0.2) is 0 Å². The van der Waals surface area contributed by atoms with Crippen LogP contribution in [0.25, 0.3) is 0 Å². The van der Waals surface area contributed by atoms with Crippen LogP contribution in [0.4, 0.5) is 0 Å². The molecule has 0 aromatic rings. The van der Waals surface area contributed by atoms with E-state index < -0.39 is 0 Å². The SMILES string of the molecule is C#CCCN1CCCCCC1CC(C)O. The van der Waals surface area contributed by atoms with E-state index in [-0.39, 0.29) is 6.10 Å². The maximum absolute atomic E-state index is 9.47. The van der Waals surface area contributed by atoms with E-state index in [9.17, 15) is 5.11 Å². The maximum Gasteiger partial charge on any atom is 0.0527 e. The lowest BCUT2D eigenvalue weighted by atomic mass is 10.0. The van der Waals surface area contributed by atoms with Gasteiger partial charge in [-0.05, 0) is 32.7 Å². The molecule has 0 saturated carbocycles. The molecule has 2 nitrogen and oxygen atoms in total. The Bertz CT molecular complexity index is 207. The van der Waals surface area contributed by atoms with Crippen LogP contribution in [0.15, 0.2) is 0 Å². The first-order valence-corrected chi connectivity index (χ1v) is 6.09. The first-order chi connectivity index (χ1) is 7.24. The van der Waals surface area contributed by atoms with E-state index in [0.29, 0.717) is 6.04 Å². The average molecular weight is 209 g/mol. The molecule has 86 valence electrons. The maximum atomic E-state index is 9.47. The largest absolute Gasteiger partial charge is 0.393 e. The minimum absolute atomic E-state index is 0.193. The molecule has 1 N–H and O–H groups in total. The topological polar surface area (TPSA) is 23.5 Å². The van der Waals surface area contributed by atoms with Gasteiger partial charge >= 0.3 is 0 Å². The molecule has 0 amide bonds. The van der Waals surface area contributed by atoms with Crippen molar-refractivity contribution >= 4 is 0 Å². The van der Waals surface area contributed by atoms with Crippen molar-refractivity contribution in [2.75, 3.05) is 13.1 Å². The third-order valence-corrected chi connectivity index (χ3v) is 3.16. The predicted octanol–water partition coefficient (Wildman–Crippen LogP) is 2.03. The van der Waals surface area contributed by atoms with Crippen LogP contribution in [-0.4, -0.2) is 35.2 Å². The molecule has 2 heteroatoms. The lowest BCUT2D eigenvalue weighted by Crippen LogP contribution is -2.37. The second kappa shape index (κ2) is 6.87. The summed E-state index contributed by atoms with van der Waals surface area (Å²) in [5.41, 5.74) is 0. The molecule has 0 spiro atoms. The molecule has 1 heterocycles. The third-order valence-electron chi connectivity index (χ3n) is 3.16. The molecule has 15 heavy (non-hydrogen) atoms. The lowest BCUT2D eigenvalue weighted by Gasteiger charge is -2.30. The molecule has 1 fully saturated rings. The Morgan fingerprint density at radius 3 is 2.93 bits per heavy atom. The molecular weight excluding hydrogens is 186 g/mol. The zero-order valence-electron chi connectivity index (χ0n) is 9.78. The van der Waals surface area contributed by atoms with Crippen LogP contribution < -0.4 is 0 Å². The van der Waals surface area contributed by atoms with Crippen molar-refractivity contribution in [2.24, 2.45) is 0 Å². The number of aliphatic hydroxyl groups is 1. The monoisotopic (exact) mass is 209 g/mol. The number of hydrogen-bond donors (Lipinski definition) is 1. The summed E-state index contributed by atoms with van der Waals surface area (Å²) in [7, 11) is 0. The average Bonchev–Trinajstić information content (AvgIpc) is 2.40. The summed E-state index contributed by atoms with van der Waals surface area (Å²) < 4.78 is 0. The fourth-order valence-corrected chi connectivity index (χ4v) is 2.40. The van der Waals surface area contributed by atoms with Crippen molar-refractivity contribution in [3.63, 3.8) is 0 Å². The lowest BCUT2D eigenvalue weighted by molar-refractivity contribution is 0.114. The van der Waals surface area contributed by atoms with Crippen molar-refractivity contribution in [2.45, 2.75) is 57.6 Å². The molecule has 1 aliphatic rings. The van der Waals surface area contributed by atoms with Gasteiger partial charge in [-0.2, -0.15) is 0 Å². The van der Waals surface area contributed by atoms with Crippen LogP contribution in [0.1, 0.15) is 45.4 Å². The normalized spacial score (nSPS) is 25.5. The molecule has 2 unspecified atom stereocenters. The molecule has 0 bridgehead atoms. The van der Waals surface area contributed by atoms with E-state index in [1.807, 2.05) is 6.92 Å². The summed E-state index contributed by atoms with van der Waals surface area (Å²) in [4.78, 5) is 2.47. The van der Waals surface area contributed by atoms with Crippen molar-refractivity contribution in [3.05, 3.63) is 0 Å². The summed E-state index contributed by atoms with van der Waals surface area (Å²) in [6.07, 6.45) is 11.9. The number of aliphatic hydroxyl groups excluding tert-OH is 1. The Morgan fingerprint density at radius 2 is 2.27 bits per heavy atom. The highest BCUT2D eigenvalue weighted by Crippen LogP contribution is 2.20. The molecular formula is C13H23NO. The van der Waals surface area contributed by atoms with Gasteiger partial charge in [0.1, 0.15) is 0 Å². The van der Waals surface area contributed by atoms with Crippen molar-refractivity contribution < 1.29 is 5.11 Å².